The summed E-state index contributed by atoms with van der Waals surface area (Å²) in [5, 5.41) is 0. The number of nitrogens with zero attached hydrogens (tertiary/aromatic N) is 1. The van der Waals surface area contributed by atoms with Gasteiger partial charge in [-0.2, -0.15) is 4.31 Å². The van der Waals surface area contributed by atoms with Crippen molar-refractivity contribution in [1.82, 2.24) is 4.31 Å². The minimum atomic E-state index is -4.95. The standard InChI is InChI=1S/C11H13F3N2O3S/c12-11(13,14)19-9-3-1-2-4-10(9)20(17,18)16-6-5-8(16)7-15/h1-4,8H,5-7,15H2. The largest absolute Gasteiger partial charge is 0.573 e. The average molecular weight is 310 g/mol. The molecule has 1 atom stereocenters. The van der Waals surface area contributed by atoms with E-state index in [1.165, 1.54) is 12.1 Å². The highest BCUT2D eigenvalue weighted by atomic mass is 32.2. The second-order valence-electron chi connectivity index (χ2n) is 4.29. The van der Waals surface area contributed by atoms with Crippen LogP contribution in [0.3, 0.4) is 0 Å². The maximum atomic E-state index is 12.3. The third-order valence-corrected chi connectivity index (χ3v) is 5.01. The summed E-state index contributed by atoms with van der Waals surface area (Å²) in [5.41, 5.74) is 5.42. The molecule has 0 aromatic heterocycles. The number of para-hydroxylation sites is 1. The summed E-state index contributed by atoms with van der Waals surface area (Å²) >= 11 is 0. The summed E-state index contributed by atoms with van der Waals surface area (Å²) in [7, 11) is -4.04. The van der Waals surface area contributed by atoms with Crippen LogP contribution in [0, 0.1) is 0 Å². The molecule has 1 heterocycles. The number of hydrogen-bond donors (Lipinski definition) is 1. The van der Waals surface area contributed by atoms with Crippen molar-refractivity contribution in [2.24, 2.45) is 5.73 Å². The van der Waals surface area contributed by atoms with Crippen LogP contribution >= 0.6 is 0 Å². The third-order valence-electron chi connectivity index (χ3n) is 3.02. The maximum absolute atomic E-state index is 12.3. The van der Waals surface area contributed by atoms with E-state index >= 15 is 0 Å². The third kappa shape index (κ3) is 2.89. The van der Waals surface area contributed by atoms with Crippen LogP contribution in [0.25, 0.3) is 0 Å². The van der Waals surface area contributed by atoms with Crippen molar-refractivity contribution < 1.29 is 26.3 Å². The lowest BCUT2D eigenvalue weighted by atomic mass is 10.1. The van der Waals surface area contributed by atoms with E-state index < -0.39 is 27.0 Å². The van der Waals surface area contributed by atoms with Gasteiger partial charge in [0.25, 0.3) is 0 Å². The van der Waals surface area contributed by atoms with Crippen molar-refractivity contribution in [3.8, 4) is 5.75 Å². The predicted molar refractivity (Wildman–Crippen MR) is 64.5 cm³/mol. The Kier molecular flexibility index (Phi) is 3.94. The van der Waals surface area contributed by atoms with E-state index in [-0.39, 0.29) is 19.1 Å². The molecule has 9 heteroatoms. The Morgan fingerprint density at radius 3 is 2.50 bits per heavy atom. The molecule has 0 amide bonds. The van der Waals surface area contributed by atoms with Crippen molar-refractivity contribution in [1.29, 1.82) is 0 Å². The summed E-state index contributed by atoms with van der Waals surface area (Å²) in [5.74, 6) is -0.734. The number of hydrogen-bond acceptors (Lipinski definition) is 4. The number of sulfonamides is 1. The number of alkyl halides is 3. The first kappa shape index (κ1) is 15.1. The molecule has 112 valence electrons. The van der Waals surface area contributed by atoms with Crippen molar-refractivity contribution in [2.75, 3.05) is 13.1 Å². The van der Waals surface area contributed by atoms with Gasteiger partial charge < -0.3 is 10.5 Å². The molecule has 0 spiro atoms. The van der Waals surface area contributed by atoms with E-state index in [0.29, 0.717) is 6.42 Å². The molecule has 0 bridgehead atoms. The van der Waals surface area contributed by atoms with Gasteiger partial charge in [0.05, 0.1) is 0 Å². The van der Waals surface area contributed by atoms with Crippen LogP contribution in [0.4, 0.5) is 13.2 Å². The lowest BCUT2D eigenvalue weighted by Crippen LogP contribution is -2.54. The molecule has 0 saturated carbocycles. The Bertz CT molecular complexity index is 587. The van der Waals surface area contributed by atoms with Gasteiger partial charge in [0.2, 0.25) is 10.0 Å². The molecule has 1 saturated heterocycles. The summed E-state index contributed by atoms with van der Waals surface area (Å²) in [6.07, 6.45) is -4.36. The number of halogens is 3. The molecule has 1 fully saturated rings. The summed E-state index contributed by atoms with van der Waals surface area (Å²) in [6.45, 7) is 0.367. The minimum Gasteiger partial charge on any atom is -0.404 e. The molecule has 1 aliphatic heterocycles. The van der Waals surface area contributed by atoms with Gasteiger partial charge in [0.1, 0.15) is 10.6 Å². The quantitative estimate of drug-likeness (QED) is 0.910. The second kappa shape index (κ2) is 5.23. The first-order valence-corrected chi connectivity index (χ1v) is 7.26. The van der Waals surface area contributed by atoms with E-state index in [2.05, 4.69) is 4.74 Å². The predicted octanol–water partition coefficient (Wildman–Crippen LogP) is 1.31. The molecule has 20 heavy (non-hydrogen) atoms. The highest BCUT2D eigenvalue weighted by molar-refractivity contribution is 7.89. The molecule has 2 rings (SSSR count). The van der Waals surface area contributed by atoms with Crippen molar-refractivity contribution in [3.63, 3.8) is 0 Å². The smallest absolute Gasteiger partial charge is 0.404 e. The summed E-state index contributed by atoms with van der Waals surface area (Å²) in [6, 6.07) is 4.29. The van der Waals surface area contributed by atoms with Crippen LogP contribution in [0.2, 0.25) is 0 Å². The van der Waals surface area contributed by atoms with Crippen molar-refractivity contribution in [2.45, 2.75) is 23.7 Å². The van der Waals surface area contributed by atoms with E-state index in [0.717, 1.165) is 16.4 Å². The fraction of sp³-hybridized carbons (Fsp3) is 0.455. The highest BCUT2D eigenvalue weighted by Crippen LogP contribution is 2.34. The molecule has 1 aliphatic rings. The maximum Gasteiger partial charge on any atom is 0.573 e. The van der Waals surface area contributed by atoms with E-state index in [4.69, 9.17) is 5.73 Å². The number of ether oxygens (including phenoxy) is 1. The zero-order valence-electron chi connectivity index (χ0n) is 10.3. The zero-order valence-corrected chi connectivity index (χ0v) is 11.1. The summed E-state index contributed by atoms with van der Waals surface area (Å²) in [4.78, 5) is -0.504. The van der Waals surface area contributed by atoms with Gasteiger partial charge in [-0.15, -0.1) is 13.2 Å². The van der Waals surface area contributed by atoms with Crippen molar-refractivity contribution >= 4 is 10.0 Å². The Morgan fingerprint density at radius 2 is 2.00 bits per heavy atom. The topological polar surface area (TPSA) is 72.6 Å². The Balaban J connectivity index is 2.37. The van der Waals surface area contributed by atoms with Gasteiger partial charge in [-0.3, -0.25) is 0 Å². The lowest BCUT2D eigenvalue weighted by molar-refractivity contribution is -0.275. The Hall–Kier alpha value is -1.32. The van der Waals surface area contributed by atoms with Gasteiger partial charge >= 0.3 is 6.36 Å². The number of rotatable bonds is 4. The molecule has 1 aromatic rings. The monoisotopic (exact) mass is 310 g/mol. The van der Waals surface area contributed by atoms with Crippen LogP contribution in [-0.4, -0.2) is 38.2 Å². The fourth-order valence-electron chi connectivity index (χ4n) is 1.97. The molecule has 0 radical (unpaired) electrons. The SMILES string of the molecule is NCC1CCN1S(=O)(=O)c1ccccc1OC(F)(F)F. The van der Waals surface area contributed by atoms with Gasteiger partial charge in [0.15, 0.2) is 0 Å². The second-order valence-corrected chi connectivity index (χ2v) is 6.15. The summed E-state index contributed by atoms with van der Waals surface area (Å²) < 4.78 is 66.4. The molecule has 1 unspecified atom stereocenters. The first-order chi connectivity index (χ1) is 9.25. The zero-order chi connectivity index (χ0) is 15.0. The molecule has 2 N–H and O–H groups in total. The molecule has 5 nitrogen and oxygen atoms in total. The fourth-order valence-corrected chi connectivity index (χ4v) is 3.76. The van der Waals surface area contributed by atoms with E-state index in [1.54, 1.807) is 0 Å². The number of nitrogens with two attached hydrogens (primary N) is 1. The molecule has 1 aromatic carbocycles. The Morgan fingerprint density at radius 1 is 1.35 bits per heavy atom. The van der Waals surface area contributed by atoms with Crippen LogP contribution < -0.4 is 10.5 Å². The van der Waals surface area contributed by atoms with Crippen LogP contribution in [0.5, 0.6) is 5.75 Å². The molecule has 0 aliphatic carbocycles. The van der Waals surface area contributed by atoms with Gasteiger partial charge in [-0.05, 0) is 18.6 Å². The lowest BCUT2D eigenvalue weighted by Gasteiger charge is -2.39. The highest BCUT2D eigenvalue weighted by Gasteiger charge is 2.40. The molecular formula is C11H13F3N2O3S. The van der Waals surface area contributed by atoms with Crippen LogP contribution in [0.15, 0.2) is 29.2 Å². The van der Waals surface area contributed by atoms with Gasteiger partial charge in [-0.1, -0.05) is 12.1 Å². The van der Waals surface area contributed by atoms with E-state index in [1.807, 2.05) is 0 Å². The average Bonchev–Trinajstić information content (AvgIpc) is 2.25. The normalized spacial score (nSPS) is 20.5. The minimum absolute atomic E-state index is 0.127. The van der Waals surface area contributed by atoms with Gasteiger partial charge in [-0.25, -0.2) is 8.42 Å². The number of benzene rings is 1. The molecular weight excluding hydrogens is 297 g/mol. The van der Waals surface area contributed by atoms with Crippen LogP contribution in [0.1, 0.15) is 6.42 Å². The van der Waals surface area contributed by atoms with Crippen molar-refractivity contribution in [3.05, 3.63) is 24.3 Å². The Labute approximate surface area is 114 Å². The first-order valence-electron chi connectivity index (χ1n) is 5.82. The van der Waals surface area contributed by atoms with Gasteiger partial charge in [0, 0.05) is 19.1 Å². The van der Waals surface area contributed by atoms with Crippen LogP contribution in [-0.2, 0) is 10.0 Å². The van der Waals surface area contributed by atoms with E-state index in [9.17, 15) is 21.6 Å².